The first-order chi connectivity index (χ1) is 10.3. The molecular weight excluding hydrogens is 324 g/mol. The van der Waals surface area contributed by atoms with E-state index in [9.17, 15) is 4.79 Å². The Balaban J connectivity index is 0.00000176. The Morgan fingerprint density at radius 1 is 1.55 bits per heavy atom. The van der Waals surface area contributed by atoms with Crippen molar-refractivity contribution in [1.29, 1.82) is 0 Å². The highest BCUT2D eigenvalue weighted by atomic mass is 35.5. The van der Waals surface area contributed by atoms with E-state index in [1.807, 2.05) is 11.4 Å². The third kappa shape index (κ3) is 4.02. The summed E-state index contributed by atoms with van der Waals surface area (Å²) in [5.41, 5.74) is 0.724. The molecule has 3 heterocycles. The fraction of sp³-hybridized carbons (Fsp3) is 0.538. The van der Waals surface area contributed by atoms with Gasteiger partial charge < -0.3 is 10.6 Å². The highest BCUT2D eigenvalue weighted by Crippen LogP contribution is 2.20. The van der Waals surface area contributed by atoms with Crippen LogP contribution in [0.15, 0.2) is 17.8 Å². The Morgan fingerprint density at radius 2 is 2.45 bits per heavy atom. The third-order valence-corrected chi connectivity index (χ3v) is 4.59. The minimum absolute atomic E-state index is 0. The molecule has 1 atom stereocenters. The summed E-state index contributed by atoms with van der Waals surface area (Å²) in [4.78, 5) is 12.9. The maximum atomic E-state index is 12.3. The topological polar surface area (TPSA) is 84.7 Å². The molecule has 0 aromatic carbocycles. The van der Waals surface area contributed by atoms with Crippen LogP contribution in [0.4, 0.5) is 0 Å². The zero-order valence-electron chi connectivity index (χ0n) is 12.1. The zero-order valence-corrected chi connectivity index (χ0v) is 13.7. The number of carbonyl (C=O) groups is 1. The van der Waals surface area contributed by atoms with E-state index < -0.39 is 0 Å². The summed E-state index contributed by atoms with van der Waals surface area (Å²) in [6.45, 7) is 2.89. The molecule has 0 aliphatic carbocycles. The van der Waals surface area contributed by atoms with Crippen molar-refractivity contribution >= 4 is 29.7 Å². The van der Waals surface area contributed by atoms with Crippen LogP contribution in [0, 0.1) is 5.92 Å². The number of rotatable bonds is 5. The quantitative estimate of drug-likeness (QED) is 0.854. The molecule has 0 spiro atoms. The van der Waals surface area contributed by atoms with Crippen LogP contribution in [0.3, 0.4) is 0 Å². The molecule has 1 amide bonds. The Kier molecular flexibility index (Phi) is 6.29. The van der Waals surface area contributed by atoms with Crippen molar-refractivity contribution in [2.24, 2.45) is 5.92 Å². The monoisotopic (exact) mass is 342 g/mol. The van der Waals surface area contributed by atoms with Crippen LogP contribution in [0.2, 0.25) is 0 Å². The maximum absolute atomic E-state index is 12.3. The van der Waals surface area contributed by atoms with Crippen molar-refractivity contribution < 1.29 is 4.79 Å². The lowest BCUT2D eigenvalue weighted by molar-refractivity contribution is 0.0954. The molecule has 1 aliphatic rings. The summed E-state index contributed by atoms with van der Waals surface area (Å²) in [7, 11) is 0. The maximum Gasteiger partial charge on any atom is 0.263 e. The van der Waals surface area contributed by atoms with Crippen molar-refractivity contribution in [3.63, 3.8) is 0 Å². The van der Waals surface area contributed by atoms with Crippen molar-refractivity contribution in [3.8, 4) is 5.69 Å². The first-order valence-electron chi connectivity index (χ1n) is 7.14. The molecule has 9 heteroatoms. The van der Waals surface area contributed by atoms with E-state index in [1.54, 1.807) is 0 Å². The Bertz CT molecular complexity index is 581. The van der Waals surface area contributed by atoms with E-state index in [-0.39, 0.29) is 18.3 Å². The van der Waals surface area contributed by atoms with Crippen LogP contribution in [-0.4, -0.2) is 45.7 Å². The fourth-order valence-corrected chi connectivity index (χ4v) is 3.36. The lowest BCUT2D eigenvalue weighted by Gasteiger charge is -2.22. The van der Waals surface area contributed by atoms with Gasteiger partial charge in [-0.1, -0.05) is 0 Å². The Labute approximate surface area is 138 Å². The second-order valence-corrected chi connectivity index (χ2v) is 6.06. The Morgan fingerprint density at radius 3 is 3.18 bits per heavy atom. The number of nitrogens with zero attached hydrogens (tertiary/aromatic N) is 4. The smallest absolute Gasteiger partial charge is 0.263 e. The minimum atomic E-state index is -0.0562. The molecule has 0 saturated carbocycles. The average molecular weight is 343 g/mol. The molecular formula is C13H19ClN6OS. The van der Waals surface area contributed by atoms with Crippen LogP contribution < -0.4 is 10.6 Å². The summed E-state index contributed by atoms with van der Waals surface area (Å²) >= 11 is 1.40. The first kappa shape index (κ1) is 16.9. The van der Waals surface area contributed by atoms with Crippen LogP contribution in [0.25, 0.3) is 5.69 Å². The number of hydrogen-bond donors (Lipinski definition) is 2. The van der Waals surface area contributed by atoms with E-state index >= 15 is 0 Å². The molecule has 0 bridgehead atoms. The highest BCUT2D eigenvalue weighted by molar-refractivity contribution is 7.12. The van der Waals surface area contributed by atoms with E-state index in [0.717, 1.165) is 25.2 Å². The molecule has 0 radical (unpaired) electrons. The highest BCUT2D eigenvalue weighted by Gasteiger charge is 2.17. The van der Waals surface area contributed by atoms with Crippen LogP contribution in [0.1, 0.15) is 28.9 Å². The number of amides is 1. The van der Waals surface area contributed by atoms with Crippen molar-refractivity contribution in [3.05, 3.63) is 22.7 Å². The second-order valence-electron chi connectivity index (χ2n) is 5.15. The van der Waals surface area contributed by atoms with E-state index in [0.29, 0.717) is 17.3 Å². The summed E-state index contributed by atoms with van der Waals surface area (Å²) in [6.07, 6.45) is 4.99. The van der Waals surface area contributed by atoms with Crippen molar-refractivity contribution in [1.82, 2.24) is 30.8 Å². The SMILES string of the molecule is Cl.O=C(NCCC1CCCNC1)c1sccc1-n1cnnn1. The second kappa shape index (κ2) is 8.21. The Hall–Kier alpha value is -1.51. The number of halogens is 1. The summed E-state index contributed by atoms with van der Waals surface area (Å²) in [6, 6.07) is 1.85. The standard InChI is InChI=1S/C13H18N6OS.ClH/c20-13(15-6-3-10-2-1-5-14-8-10)12-11(4-7-21-12)19-9-16-17-18-19;/h4,7,9-10,14H,1-3,5-6,8H2,(H,15,20);1H. The number of tetrazole rings is 1. The molecule has 1 saturated heterocycles. The number of nitrogens with one attached hydrogen (secondary N) is 2. The van der Waals surface area contributed by atoms with Gasteiger partial charge in [-0.25, -0.2) is 0 Å². The lowest BCUT2D eigenvalue weighted by atomic mass is 9.96. The molecule has 1 aliphatic heterocycles. The van der Waals surface area contributed by atoms with E-state index in [1.165, 1.54) is 35.2 Å². The number of thiophene rings is 1. The van der Waals surface area contributed by atoms with Gasteiger partial charge >= 0.3 is 0 Å². The van der Waals surface area contributed by atoms with Gasteiger partial charge in [-0.05, 0) is 60.1 Å². The van der Waals surface area contributed by atoms with Crippen LogP contribution in [-0.2, 0) is 0 Å². The molecule has 7 nitrogen and oxygen atoms in total. The number of hydrogen-bond acceptors (Lipinski definition) is 6. The summed E-state index contributed by atoms with van der Waals surface area (Å²) in [5.74, 6) is 0.612. The number of carbonyl (C=O) groups excluding carboxylic acids is 1. The van der Waals surface area contributed by atoms with Gasteiger partial charge in [-0.15, -0.1) is 28.8 Å². The largest absolute Gasteiger partial charge is 0.351 e. The summed E-state index contributed by atoms with van der Waals surface area (Å²) < 4.78 is 1.51. The van der Waals surface area contributed by atoms with Gasteiger partial charge in [0.05, 0.1) is 5.69 Å². The zero-order chi connectivity index (χ0) is 14.5. The first-order valence-corrected chi connectivity index (χ1v) is 8.02. The molecule has 2 aromatic rings. The lowest BCUT2D eigenvalue weighted by Crippen LogP contribution is -2.33. The molecule has 2 aromatic heterocycles. The number of aromatic nitrogens is 4. The predicted octanol–water partition coefficient (Wildman–Crippen LogP) is 1.27. The predicted molar refractivity (Wildman–Crippen MR) is 86.8 cm³/mol. The van der Waals surface area contributed by atoms with Gasteiger partial charge in [0.25, 0.3) is 5.91 Å². The fourth-order valence-electron chi connectivity index (χ4n) is 2.56. The molecule has 1 unspecified atom stereocenters. The molecule has 3 rings (SSSR count). The van der Waals surface area contributed by atoms with Crippen molar-refractivity contribution in [2.75, 3.05) is 19.6 Å². The minimum Gasteiger partial charge on any atom is -0.351 e. The van der Waals surface area contributed by atoms with Crippen LogP contribution >= 0.6 is 23.7 Å². The third-order valence-electron chi connectivity index (χ3n) is 3.68. The van der Waals surface area contributed by atoms with Gasteiger partial charge in [0, 0.05) is 6.54 Å². The van der Waals surface area contributed by atoms with E-state index in [2.05, 4.69) is 26.2 Å². The molecule has 120 valence electrons. The van der Waals surface area contributed by atoms with Gasteiger partial charge in [0.2, 0.25) is 0 Å². The van der Waals surface area contributed by atoms with Gasteiger partial charge in [-0.2, -0.15) is 4.68 Å². The molecule has 2 N–H and O–H groups in total. The van der Waals surface area contributed by atoms with Gasteiger partial charge in [-0.3, -0.25) is 4.79 Å². The van der Waals surface area contributed by atoms with E-state index in [4.69, 9.17) is 0 Å². The molecule has 1 fully saturated rings. The summed E-state index contributed by atoms with van der Waals surface area (Å²) in [5, 5.41) is 19.3. The van der Waals surface area contributed by atoms with Crippen molar-refractivity contribution in [2.45, 2.75) is 19.3 Å². The molecule has 22 heavy (non-hydrogen) atoms. The van der Waals surface area contributed by atoms with Gasteiger partial charge in [0.15, 0.2) is 0 Å². The number of piperidine rings is 1. The average Bonchev–Trinajstić information content (AvgIpc) is 3.19. The normalized spacial score (nSPS) is 17.7. The van der Waals surface area contributed by atoms with Crippen LogP contribution in [0.5, 0.6) is 0 Å². The van der Waals surface area contributed by atoms with Gasteiger partial charge in [0.1, 0.15) is 11.2 Å².